The summed E-state index contributed by atoms with van der Waals surface area (Å²) in [6.07, 6.45) is 1.97. The molecule has 2 aromatic rings. The van der Waals surface area contributed by atoms with Crippen molar-refractivity contribution < 1.29 is 19.5 Å². The topological polar surface area (TPSA) is 97.4 Å². The van der Waals surface area contributed by atoms with Crippen LogP contribution in [0, 0.1) is 0 Å². The molecule has 3 N–H and O–H groups in total. The largest absolute Gasteiger partial charge is 0.494 e. The van der Waals surface area contributed by atoms with Crippen LogP contribution in [0.2, 0.25) is 5.02 Å². The zero-order chi connectivity index (χ0) is 25.1. The summed E-state index contributed by atoms with van der Waals surface area (Å²) in [5, 5.41) is 20.0. The number of fused-ring (bicyclic) bond motifs is 1. The van der Waals surface area contributed by atoms with Gasteiger partial charge in [0.05, 0.1) is 29.9 Å². The van der Waals surface area contributed by atoms with Gasteiger partial charge >= 0.3 is 6.03 Å². The number of anilines is 2. The third-order valence-electron chi connectivity index (χ3n) is 6.17. The average molecular weight is 502 g/mol. The molecule has 1 heterocycles. The minimum atomic E-state index is -0.651. The number of hydrazine groups is 1. The van der Waals surface area contributed by atoms with E-state index in [2.05, 4.69) is 10.6 Å². The normalized spacial score (nSPS) is 18.3. The molecule has 0 radical (unpaired) electrons. The highest BCUT2D eigenvalue weighted by Gasteiger charge is 2.33. The van der Waals surface area contributed by atoms with E-state index in [0.29, 0.717) is 36.2 Å². The van der Waals surface area contributed by atoms with Crippen LogP contribution in [-0.4, -0.2) is 53.3 Å². The van der Waals surface area contributed by atoms with E-state index in [9.17, 15) is 14.8 Å². The number of nitrogens with zero attached hydrogens (tertiary/aromatic N) is 3. The Morgan fingerprint density at radius 3 is 2.69 bits per heavy atom. The van der Waals surface area contributed by atoms with Crippen LogP contribution in [0.25, 0.3) is 0 Å². The summed E-state index contributed by atoms with van der Waals surface area (Å²) in [6, 6.07) is 11.6. The van der Waals surface area contributed by atoms with E-state index in [-0.39, 0.29) is 24.0 Å². The molecule has 9 nitrogen and oxygen atoms in total. The quantitative estimate of drug-likeness (QED) is 0.497. The Bertz CT molecular complexity index is 1080. The van der Waals surface area contributed by atoms with Gasteiger partial charge in [-0.2, -0.15) is 5.17 Å². The number of hydrogen-bond acceptors (Lipinski definition) is 6. The molecular weight excluding hydrogens is 470 g/mol. The Kier molecular flexibility index (Phi) is 7.57. The fraction of sp³-hybridized carbons (Fsp3) is 0.440. The predicted molar refractivity (Wildman–Crippen MR) is 135 cm³/mol. The van der Waals surface area contributed by atoms with Crippen molar-refractivity contribution >= 4 is 34.9 Å². The summed E-state index contributed by atoms with van der Waals surface area (Å²) in [5.41, 5.74) is 1.99. The molecule has 1 aliphatic carbocycles. The van der Waals surface area contributed by atoms with Gasteiger partial charge in [-0.25, -0.2) is 4.79 Å². The Hall–Kier alpha value is -3.17. The van der Waals surface area contributed by atoms with E-state index >= 15 is 0 Å². The lowest BCUT2D eigenvalue weighted by atomic mass is 10.1. The Balaban J connectivity index is 1.55. The van der Waals surface area contributed by atoms with Gasteiger partial charge in [0.15, 0.2) is 0 Å². The molecule has 188 valence electrons. The summed E-state index contributed by atoms with van der Waals surface area (Å²) in [4.78, 5) is 27.2. The molecule has 0 spiro atoms. The SMILES string of the molecule is CCOc1ccc(N(O)N2C[C@@H](C)N(C(=O)N[C@@H](C)C(=O)NC3CC3)Cc3ccccc32)c(Cl)c1. The zero-order valence-corrected chi connectivity index (χ0v) is 21.0. The molecule has 1 saturated carbocycles. The van der Waals surface area contributed by atoms with E-state index in [1.807, 2.05) is 38.1 Å². The zero-order valence-electron chi connectivity index (χ0n) is 20.2. The molecule has 0 saturated heterocycles. The van der Waals surface area contributed by atoms with Gasteiger partial charge in [0.2, 0.25) is 5.91 Å². The molecule has 3 amide bonds. The smallest absolute Gasteiger partial charge is 0.318 e. The minimum Gasteiger partial charge on any atom is -0.494 e. The molecule has 35 heavy (non-hydrogen) atoms. The summed E-state index contributed by atoms with van der Waals surface area (Å²) in [7, 11) is 0. The van der Waals surface area contributed by atoms with Crippen molar-refractivity contribution in [1.82, 2.24) is 15.5 Å². The van der Waals surface area contributed by atoms with Crippen molar-refractivity contribution in [2.24, 2.45) is 0 Å². The maximum Gasteiger partial charge on any atom is 0.318 e. The number of carbonyl (C=O) groups excluding carboxylic acids is 2. The van der Waals surface area contributed by atoms with Crippen LogP contribution in [0.3, 0.4) is 0 Å². The molecule has 10 heteroatoms. The highest BCUT2D eigenvalue weighted by Crippen LogP contribution is 2.34. The van der Waals surface area contributed by atoms with Crippen LogP contribution in [-0.2, 0) is 11.3 Å². The lowest BCUT2D eigenvalue weighted by Crippen LogP contribution is -2.54. The second-order valence-corrected chi connectivity index (χ2v) is 9.38. The number of para-hydroxylation sites is 1. The van der Waals surface area contributed by atoms with Gasteiger partial charge in [-0.1, -0.05) is 29.8 Å². The maximum atomic E-state index is 13.2. The molecule has 2 atom stereocenters. The lowest BCUT2D eigenvalue weighted by Gasteiger charge is -2.35. The summed E-state index contributed by atoms with van der Waals surface area (Å²) in [6.45, 7) is 6.60. The monoisotopic (exact) mass is 501 g/mol. The lowest BCUT2D eigenvalue weighted by molar-refractivity contribution is -0.122. The number of ether oxygens (including phenoxy) is 1. The van der Waals surface area contributed by atoms with Crippen molar-refractivity contribution in [2.45, 2.75) is 58.3 Å². The van der Waals surface area contributed by atoms with Gasteiger partial charge in [0.1, 0.15) is 17.5 Å². The van der Waals surface area contributed by atoms with Gasteiger partial charge in [-0.15, -0.1) is 0 Å². The second kappa shape index (κ2) is 10.6. The standard InChI is InChI=1S/C25H32ClN5O4/c1-4-35-20-11-12-23(21(26)13-20)31(34)30-14-16(2)29(15-18-7-5-6-8-22(18)30)25(33)27-17(3)24(32)28-19-9-10-19/h5-8,11-13,16-17,19,34H,4,9-10,14-15H2,1-3H3,(H,27,33)(H,28,32)/t16-,17+/m1/s1. The molecule has 2 aromatic carbocycles. The first-order chi connectivity index (χ1) is 16.8. The highest BCUT2D eigenvalue weighted by molar-refractivity contribution is 6.33. The van der Waals surface area contributed by atoms with E-state index in [0.717, 1.165) is 29.3 Å². The minimum absolute atomic E-state index is 0.183. The number of urea groups is 1. The van der Waals surface area contributed by atoms with Crippen LogP contribution in [0.1, 0.15) is 39.2 Å². The Labute approximate surface area is 210 Å². The van der Waals surface area contributed by atoms with Crippen LogP contribution in [0.5, 0.6) is 5.75 Å². The first kappa shape index (κ1) is 24.9. The maximum absolute atomic E-state index is 13.2. The van der Waals surface area contributed by atoms with Gasteiger partial charge in [-0.05, 0) is 57.4 Å². The molecule has 1 aliphatic heterocycles. The van der Waals surface area contributed by atoms with E-state index in [1.54, 1.807) is 35.0 Å². The van der Waals surface area contributed by atoms with E-state index in [4.69, 9.17) is 16.3 Å². The Morgan fingerprint density at radius 2 is 2.00 bits per heavy atom. The van der Waals surface area contributed by atoms with Crippen molar-refractivity contribution in [1.29, 1.82) is 0 Å². The summed E-state index contributed by atoms with van der Waals surface area (Å²) < 4.78 is 5.50. The predicted octanol–water partition coefficient (Wildman–Crippen LogP) is 3.94. The summed E-state index contributed by atoms with van der Waals surface area (Å²) in [5.74, 6) is 0.430. The van der Waals surface area contributed by atoms with Crippen LogP contribution in [0.15, 0.2) is 42.5 Å². The van der Waals surface area contributed by atoms with Crippen molar-refractivity contribution in [3.05, 3.63) is 53.1 Å². The van der Waals surface area contributed by atoms with Gasteiger partial charge < -0.3 is 20.3 Å². The van der Waals surface area contributed by atoms with Gasteiger partial charge in [0.25, 0.3) is 0 Å². The van der Waals surface area contributed by atoms with Crippen molar-refractivity contribution in [2.75, 3.05) is 23.3 Å². The summed E-state index contributed by atoms with van der Waals surface area (Å²) >= 11 is 6.47. The van der Waals surface area contributed by atoms with Crippen LogP contribution >= 0.6 is 11.6 Å². The van der Waals surface area contributed by atoms with Gasteiger partial charge in [-0.3, -0.25) is 15.0 Å². The van der Waals surface area contributed by atoms with Crippen molar-refractivity contribution in [3.8, 4) is 5.75 Å². The number of halogens is 1. The number of carbonyl (C=O) groups is 2. The molecule has 0 bridgehead atoms. The van der Waals surface area contributed by atoms with E-state index in [1.165, 1.54) is 0 Å². The van der Waals surface area contributed by atoms with Gasteiger partial charge in [0, 0.05) is 18.7 Å². The van der Waals surface area contributed by atoms with E-state index < -0.39 is 6.04 Å². The van der Waals surface area contributed by atoms with Crippen LogP contribution in [0.4, 0.5) is 16.2 Å². The third kappa shape index (κ3) is 5.74. The molecule has 0 aromatic heterocycles. The molecule has 2 aliphatic rings. The molecule has 4 rings (SSSR count). The van der Waals surface area contributed by atoms with Crippen LogP contribution < -0.4 is 25.6 Å². The fourth-order valence-corrected chi connectivity index (χ4v) is 4.30. The number of benzene rings is 2. The molecular formula is C25H32ClN5O4. The molecule has 0 unspecified atom stereocenters. The van der Waals surface area contributed by atoms with Crippen molar-refractivity contribution in [3.63, 3.8) is 0 Å². The Morgan fingerprint density at radius 1 is 1.26 bits per heavy atom. The fourth-order valence-electron chi connectivity index (χ4n) is 4.06. The second-order valence-electron chi connectivity index (χ2n) is 8.98. The highest BCUT2D eigenvalue weighted by atomic mass is 35.5. The third-order valence-corrected chi connectivity index (χ3v) is 6.47. The number of nitrogens with one attached hydrogen (secondary N) is 2. The molecule has 1 fully saturated rings. The number of hydrogen-bond donors (Lipinski definition) is 3. The number of amides is 3. The number of rotatable bonds is 7. The first-order valence-corrected chi connectivity index (χ1v) is 12.3. The first-order valence-electron chi connectivity index (χ1n) is 11.9. The average Bonchev–Trinajstić information content (AvgIpc) is 3.66.